The lowest BCUT2D eigenvalue weighted by Gasteiger charge is -2.11. The molecule has 1 heterocycles. The summed E-state index contributed by atoms with van der Waals surface area (Å²) in [6.07, 6.45) is 2.61. The number of carbonyl (C=O) groups is 1. The molecule has 7 nitrogen and oxygen atoms in total. The average Bonchev–Trinajstić information content (AvgIpc) is 2.41. The highest BCUT2D eigenvalue weighted by molar-refractivity contribution is 7.92. The molecule has 4 N–H and O–H groups in total. The van der Waals surface area contributed by atoms with Gasteiger partial charge in [-0.05, 0) is 24.3 Å². The van der Waals surface area contributed by atoms with Gasteiger partial charge in [0.2, 0.25) is 0 Å². The Labute approximate surface area is 125 Å². The fourth-order valence-electron chi connectivity index (χ4n) is 1.59. The van der Waals surface area contributed by atoms with E-state index in [1.807, 2.05) is 0 Å². The Bertz CT molecular complexity index is 808. The first-order chi connectivity index (χ1) is 9.81. The number of nitrogens with two attached hydrogens (primary N) is 1. The van der Waals surface area contributed by atoms with Crippen molar-refractivity contribution in [1.29, 1.82) is 0 Å². The molecule has 0 atom stereocenters. The molecule has 2 aromatic rings. The van der Waals surface area contributed by atoms with E-state index in [0.29, 0.717) is 0 Å². The van der Waals surface area contributed by atoms with Gasteiger partial charge < -0.3 is 10.8 Å². The normalized spacial score (nSPS) is 11.1. The number of nitrogens with one attached hydrogen (secondary N) is 1. The van der Waals surface area contributed by atoms with Crippen molar-refractivity contribution in [2.75, 3.05) is 10.5 Å². The first-order valence-electron chi connectivity index (χ1n) is 5.56. The smallest absolute Gasteiger partial charge is 0.337 e. The second-order valence-corrected chi connectivity index (χ2v) is 6.08. The lowest BCUT2D eigenvalue weighted by molar-refractivity contribution is 0.0692. The monoisotopic (exact) mass is 327 g/mol. The minimum atomic E-state index is -4.17. The third-order valence-corrected chi connectivity index (χ3v) is 4.27. The Kier molecular flexibility index (Phi) is 4.01. The van der Waals surface area contributed by atoms with E-state index >= 15 is 0 Å². The first kappa shape index (κ1) is 15.1. The van der Waals surface area contributed by atoms with Crippen LogP contribution < -0.4 is 10.5 Å². The number of hydrogen-bond acceptors (Lipinski definition) is 5. The van der Waals surface area contributed by atoms with Crippen molar-refractivity contribution in [2.24, 2.45) is 0 Å². The molecule has 0 amide bonds. The summed E-state index contributed by atoms with van der Waals surface area (Å²) >= 11 is 5.84. The Hall–Kier alpha value is -2.32. The highest BCUT2D eigenvalue weighted by Gasteiger charge is 2.23. The largest absolute Gasteiger partial charge is 0.478 e. The molecule has 21 heavy (non-hydrogen) atoms. The molecule has 0 spiro atoms. The Morgan fingerprint density at radius 1 is 1.33 bits per heavy atom. The summed E-state index contributed by atoms with van der Waals surface area (Å²) in [5, 5.41) is 9.20. The van der Waals surface area contributed by atoms with Gasteiger partial charge in [-0.25, -0.2) is 13.2 Å². The number of rotatable bonds is 4. The molecule has 2 rings (SSSR count). The van der Waals surface area contributed by atoms with Crippen molar-refractivity contribution in [3.8, 4) is 0 Å². The van der Waals surface area contributed by atoms with E-state index in [1.165, 1.54) is 24.5 Å². The van der Waals surface area contributed by atoms with Crippen molar-refractivity contribution in [3.63, 3.8) is 0 Å². The van der Waals surface area contributed by atoms with E-state index in [-0.39, 0.29) is 16.4 Å². The van der Waals surface area contributed by atoms with Crippen molar-refractivity contribution in [3.05, 3.63) is 47.2 Å². The molecule has 0 radical (unpaired) electrons. The molecular formula is C12H10ClN3O4S. The SMILES string of the molecule is Nc1ccc(C(=O)O)c(S(=O)(=O)Nc2cnccc2Cl)c1. The molecule has 1 aromatic heterocycles. The van der Waals surface area contributed by atoms with Gasteiger partial charge in [0.25, 0.3) is 10.0 Å². The number of carboxylic acid groups (broad SMARTS) is 1. The van der Waals surface area contributed by atoms with Gasteiger partial charge in [0.1, 0.15) is 4.90 Å². The summed E-state index contributed by atoms with van der Waals surface area (Å²) in [5.74, 6) is -1.38. The molecule has 110 valence electrons. The zero-order chi connectivity index (χ0) is 15.6. The highest BCUT2D eigenvalue weighted by atomic mass is 35.5. The molecule has 0 unspecified atom stereocenters. The number of benzene rings is 1. The number of hydrogen-bond donors (Lipinski definition) is 3. The van der Waals surface area contributed by atoms with Crippen LogP contribution in [0.4, 0.5) is 11.4 Å². The maximum absolute atomic E-state index is 12.3. The standard InChI is InChI=1S/C12H10ClN3O4S/c13-9-3-4-15-6-10(9)16-21(19,20)11-5-7(14)1-2-8(11)12(17)18/h1-6,16H,14H2,(H,17,18). The van der Waals surface area contributed by atoms with Gasteiger partial charge in [0.15, 0.2) is 0 Å². The second kappa shape index (κ2) is 5.58. The lowest BCUT2D eigenvalue weighted by Crippen LogP contribution is -2.17. The van der Waals surface area contributed by atoms with Crippen LogP contribution in [0, 0.1) is 0 Å². The topological polar surface area (TPSA) is 122 Å². The number of nitrogen functional groups attached to an aromatic ring is 1. The number of sulfonamides is 1. The van der Waals surface area contributed by atoms with E-state index in [9.17, 15) is 13.2 Å². The van der Waals surface area contributed by atoms with Crippen molar-refractivity contribution < 1.29 is 18.3 Å². The van der Waals surface area contributed by atoms with E-state index in [0.717, 1.165) is 12.1 Å². The number of halogens is 1. The van der Waals surface area contributed by atoms with Crippen LogP contribution in [0.25, 0.3) is 0 Å². The van der Waals surface area contributed by atoms with E-state index < -0.39 is 26.5 Å². The third-order valence-electron chi connectivity index (χ3n) is 2.54. The summed E-state index contributed by atoms with van der Waals surface area (Å²) in [4.78, 5) is 14.4. The maximum Gasteiger partial charge on any atom is 0.337 e. The predicted octanol–water partition coefficient (Wildman–Crippen LogP) is 1.82. The summed E-state index contributed by atoms with van der Waals surface area (Å²) in [5.41, 5.74) is 5.29. The molecule has 0 aliphatic carbocycles. The van der Waals surface area contributed by atoms with E-state index in [4.69, 9.17) is 22.4 Å². The van der Waals surface area contributed by atoms with Gasteiger partial charge in [0.05, 0.1) is 22.5 Å². The minimum Gasteiger partial charge on any atom is -0.478 e. The van der Waals surface area contributed by atoms with Crippen LogP contribution >= 0.6 is 11.6 Å². The Balaban J connectivity index is 2.52. The zero-order valence-electron chi connectivity index (χ0n) is 10.4. The Morgan fingerprint density at radius 2 is 2.05 bits per heavy atom. The third kappa shape index (κ3) is 3.23. The van der Waals surface area contributed by atoms with E-state index in [2.05, 4.69) is 9.71 Å². The quantitative estimate of drug-likeness (QED) is 0.736. The van der Waals surface area contributed by atoms with Crippen molar-refractivity contribution in [2.45, 2.75) is 4.90 Å². The highest BCUT2D eigenvalue weighted by Crippen LogP contribution is 2.25. The number of pyridine rings is 1. The predicted molar refractivity (Wildman–Crippen MR) is 77.9 cm³/mol. The van der Waals surface area contributed by atoms with Gasteiger partial charge in [-0.1, -0.05) is 11.6 Å². The number of carboxylic acids is 1. The van der Waals surface area contributed by atoms with Crippen LogP contribution in [0.2, 0.25) is 5.02 Å². The fourth-order valence-corrected chi connectivity index (χ4v) is 3.10. The maximum atomic E-state index is 12.3. The molecule has 0 aliphatic rings. The molecule has 0 saturated carbocycles. The van der Waals surface area contributed by atoms with Gasteiger partial charge in [-0.2, -0.15) is 0 Å². The van der Waals surface area contributed by atoms with Crippen LogP contribution in [0.15, 0.2) is 41.6 Å². The first-order valence-corrected chi connectivity index (χ1v) is 7.42. The lowest BCUT2D eigenvalue weighted by atomic mass is 10.2. The van der Waals surface area contributed by atoms with Gasteiger partial charge in [-0.3, -0.25) is 9.71 Å². The second-order valence-electron chi connectivity index (χ2n) is 4.02. The summed E-state index contributed by atoms with van der Waals surface area (Å²) < 4.78 is 26.8. The van der Waals surface area contributed by atoms with Crippen LogP contribution in [0.1, 0.15) is 10.4 Å². The number of aromatic nitrogens is 1. The number of anilines is 2. The summed E-state index contributed by atoms with van der Waals surface area (Å²) in [6.45, 7) is 0. The van der Waals surface area contributed by atoms with Crippen LogP contribution in [-0.4, -0.2) is 24.5 Å². The van der Waals surface area contributed by atoms with Crippen molar-refractivity contribution >= 4 is 39.0 Å². The molecular weight excluding hydrogens is 318 g/mol. The van der Waals surface area contributed by atoms with Crippen LogP contribution in [0.5, 0.6) is 0 Å². The number of aromatic carboxylic acids is 1. The van der Waals surface area contributed by atoms with Crippen LogP contribution in [0.3, 0.4) is 0 Å². The summed E-state index contributed by atoms with van der Waals surface area (Å²) in [7, 11) is -4.17. The zero-order valence-corrected chi connectivity index (χ0v) is 12.0. The molecule has 0 aliphatic heterocycles. The summed E-state index contributed by atoms with van der Waals surface area (Å²) in [6, 6.07) is 4.89. The van der Waals surface area contributed by atoms with E-state index in [1.54, 1.807) is 0 Å². The Morgan fingerprint density at radius 3 is 2.67 bits per heavy atom. The number of nitrogens with zero attached hydrogens (tertiary/aromatic N) is 1. The van der Waals surface area contributed by atoms with Gasteiger partial charge in [0, 0.05) is 11.9 Å². The van der Waals surface area contributed by atoms with Crippen molar-refractivity contribution in [1.82, 2.24) is 4.98 Å². The van der Waals surface area contributed by atoms with Gasteiger partial charge >= 0.3 is 5.97 Å². The van der Waals surface area contributed by atoms with Gasteiger partial charge in [-0.15, -0.1) is 0 Å². The minimum absolute atomic E-state index is 0.0397. The molecule has 9 heteroatoms. The molecule has 0 bridgehead atoms. The molecule has 0 saturated heterocycles. The average molecular weight is 328 g/mol. The molecule has 1 aromatic carbocycles. The fraction of sp³-hybridized carbons (Fsp3) is 0. The van der Waals surface area contributed by atoms with Crippen LogP contribution in [-0.2, 0) is 10.0 Å². The molecule has 0 fully saturated rings.